The van der Waals surface area contributed by atoms with Gasteiger partial charge in [-0.2, -0.15) is 13.2 Å². The highest BCUT2D eigenvalue weighted by Crippen LogP contribution is 2.30. The van der Waals surface area contributed by atoms with E-state index >= 15 is 0 Å². The smallest absolute Gasteiger partial charge is 0.389 e. The Bertz CT molecular complexity index is 423. The number of halogens is 3. The summed E-state index contributed by atoms with van der Waals surface area (Å²) in [6, 6.07) is 4.71. The Morgan fingerprint density at radius 1 is 1.16 bits per heavy atom. The topological polar surface area (TPSA) is 32.3 Å². The molecule has 2 N–H and O–H groups in total. The van der Waals surface area contributed by atoms with Gasteiger partial charge < -0.3 is 10.4 Å². The summed E-state index contributed by atoms with van der Waals surface area (Å²) in [7, 11) is 0. The maximum absolute atomic E-state index is 12.6. The number of aliphatic hydroxyl groups is 1. The van der Waals surface area contributed by atoms with E-state index in [9.17, 15) is 18.3 Å². The van der Waals surface area contributed by atoms with Crippen molar-refractivity contribution >= 4 is 0 Å². The molecule has 0 spiro atoms. The molecular weight excluding hydrogens is 255 g/mol. The third kappa shape index (κ3) is 4.51. The van der Waals surface area contributed by atoms with Gasteiger partial charge in [0, 0.05) is 12.1 Å². The molecule has 5 heteroatoms. The number of alkyl halides is 3. The number of nitrogens with one attached hydrogen (secondary N) is 1. The van der Waals surface area contributed by atoms with E-state index in [1.54, 1.807) is 33.8 Å². The fourth-order valence-corrected chi connectivity index (χ4v) is 1.66. The van der Waals surface area contributed by atoms with Crippen LogP contribution in [0.4, 0.5) is 13.2 Å². The lowest BCUT2D eigenvalue weighted by molar-refractivity contribution is -0.137. The van der Waals surface area contributed by atoms with E-state index in [2.05, 4.69) is 5.32 Å². The number of hydrogen-bond acceptors (Lipinski definition) is 2. The van der Waals surface area contributed by atoms with Gasteiger partial charge in [0.05, 0.1) is 11.2 Å². The van der Waals surface area contributed by atoms with Gasteiger partial charge >= 0.3 is 6.18 Å². The van der Waals surface area contributed by atoms with Crippen LogP contribution in [0.1, 0.15) is 44.9 Å². The molecule has 0 heterocycles. The summed E-state index contributed by atoms with van der Waals surface area (Å²) in [5.74, 6) is 0. The average Bonchev–Trinajstić information content (AvgIpc) is 2.26. The molecule has 108 valence electrons. The van der Waals surface area contributed by atoms with Crippen LogP contribution >= 0.6 is 0 Å². The molecule has 0 aliphatic rings. The minimum absolute atomic E-state index is 0.239. The summed E-state index contributed by atoms with van der Waals surface area (Å²) < 4.78 is 37.9. The first-order chi connectivity index (χ1) is 8.51. The molecular formula is C14H20F3NO. The summed E-state index contributed by atoms with van der Waals surface area (Å²) in [5, 5.41) is 12.9. The molecule has 1 aromatic carbocycles. The van der Waals surface area contributed by atoms with Gasteiger partial charge in [-0.25, -0.2) is 0 Å². The van der Waals surface area contributed by atoms with E-state index in [0.29, 0.717) is 5.56 Å². The summed E-state index contributed by atoms with van der Waals surface area (Å²) in [6.45, 7) is 6.88. The molecule has 1 aromatic rings. The zero-order chi connectivity index (χ0) is 14.8. The lowest BCUT2D eigenvalue weighted by atomic mass is 9.98. The number of hydrogen-bond donors (Lipinski definition) is 2. The Balaban J connectivity index is 2.86. The molecule has 19 heavy (non-hydrogen) atoms. The monoisotopic (exact) mass is 275 g/mol. The fourth-order valence-electron chi connectivity index (χ4n) is 1.66. The van der Waals surface area contributed by atoms with E-state index in [4.69, 9.17) is 0 Å². The summed E-state index contributed by atoms with van der Waals surface area (Å²) >= 11 is 0. The second kappa shape index (κ2) is 5.51. The van der Waals surface area contributed by atoms with Gasteiger partial charge in [-0.15, -0.1) is 0 Å². The molecule has 0 saturated heterocycles. The first-order valence-electron chi connectivity index (χ1n) is 6.17. The molecule has 0 aliphatic carbocycles. The Hall–Kier alpha value is -1.07. The molecule has 2 nitrogen and oxygen atoms in total. The van der Waals surface area contributed by atoms with Crippen molar-refractivity contribution < 1.29 is 18.3 Å². The molecule has 0 aliphatic heterocycles. The van der Waals surface area contributed by atoms with Crippen molar-refractivity contribution in [3.63, 3.8) is 0 Å². The van der Waals surface area contributed by atoms with Crippen molar-refractivity contribution in [2.24, 2.45) is 0 Å². The van der Waals surface area contributed by atoms with Gasteiger partial charge in [0.15, 0.2) is 0 Å². The molecule has 2 atom stereocenters. The van der Waals surface area contributed by atoms with E-state index < -0.39 is 17.3 Å². The molecule has 0 radical (unpaired) electrons. The van der Waals surface area contributed by atoms with Crippen LogP contribution in [-0.2, 0) is 6.18 Å². The fraction of sp³-hybridized carbons (Fsp3) is 0.571. The zero-order valence-electron chi connectivity index (χ0n) is 11.5. The van der Waals surface area contributed by atoms with Crippen molar-refractivity contribution in [3.8, 4) is 0 Å². The predicted octanol–water partition coefficient (Wildman–Crippen LogP) is 3.52. The second-order valence-corrected chi connectivity index (χ2v) is 5.39. The Morgan fingerprint density at radius 2 is 1.74 bits per heavy atom. The minimum Gasteiger partial charge on any atom is -0.389 e. The lowest BCUT2D eigenvalue weighted by Gasteiger charge is -2.30. The Morgan fingerprint density at radius 3 is 2.21 bits per heavy atom. The zero-order valence-corrected chi connectivity index (χ0v) is 11.5. The second-order valence-electron chi connectivity index (χ2n) is 5.39. The predicted molar refractivity (Wildman–Crippen MR) is 68.8 cm³/mol. The van der Waals surface area contributed by atoms with Gasteiger partial charge in [0.2, 0.25) is 0 Å². The van der Waals surface area contributed by atoms with Crippen LogP contribution in [0.15, 0.2) is 24.3 Å². The lowest BCUT2D eigenvalue weighted by Crippen LogP contribution is -2.45. The van der Waals surface area contributed by atoms with E-state index in [1.807, 2.05) is 0 Å². The van der Waals surface area contributed by atoms with Crippen LogP contribution in [0, 0.1) is 0 Å². The Labute approximate surface area is 111 Å². The quantitative estimate of drug-likeness (QED) is 0.881. The van der Waals surface area contributed by atoms with E-state index in [-0.39, 0.29) is 12.1 Å². The largest absolute Gasteiger partial charge is 0.416 e. The van der Waals surface area contributed by atoms with Crippen LogP contribution in [0.2, 0.25) is 0 Å². The number of benzene rings is 1. The van der Waals surface area contributed by atoms with Crippen molar-refractivity contribution in [1.29, 1.82) is 0 Å². The van der Waals surface area contributed by atoms with Crippen LogP contribution in [0.3, 0.4) is 0 Å². The molecule has 0 amide bonds. The van der Waals surface area contributed by atoms with Crippen molar-refractivity contribution in [3.05, 3.63) is 35.4 Å². The summed E-state index contributed by atoms with van der Waals surface area (Å²) in [5.41, 5.74) is -1.05. The third-order valence-corrected chi connectivity index (χ3v) is 3.27. The van der Waals surface area contributed by atoms with Gasteiger partial charge in [0.25, 0.3) is 0 Å². The summed E-state index contributed by atoms with van der Waals surface area (Å²) in [4.78, 5) is 0. The molecule has 1 rings (SSSR count). The maximum Gasteiger partial charge on any atom is 0.416 e. The molecule has 0 saturated carbocycles. The van der Waals surface area contributed by atoms with Crippen molar-refractivity contribution in [2.75, 3.05) is 0 Å². The van der Waals surface area contributed by atoms with Crippen LogP contribution in [0.5, 0.6) is 0 Å². The maximum atomic E-state index is 12.6. The summed E-state index contributed by atoms with van der Waals surface area (Å²) in [6.07, 6.45) is -4.34. The molecule has 2 unspecified atom stereocenters. The van der Waals surface area contributed by atoms with Gasteiger partial charge in [-0.05, 0) is 45.4 Å². The SMILES string of the molecule is CC(NC(C)C(C)(C)O)c1cccc(C(F)(F)F)c1. The standard InChI is InChI=1S/C14H20F3NO/c1-9(18-10(2)13(3,4)19)11-6-5-7-12(8-11)14(15,16)17/h5-10,18-19H,1-4H3. The normalized spacial score (nSPS) is 16.2. The first kappa shape index (κ1) is 16.0. The average molecular weight is 275 g/mol. The first-order valence-corrected chi connectivity index (χ1v) is 6.17. The van der Waals surface area contributed by atoms with Crippen molar-refractivity contribution in [1.82, 2.24) is 5.32 Å². The van der Waals surface area contributed by atoms with Gasteiger partial charge in [0.1, 0.15) is 0 Å². The Kier molecular flexibility index (Phi) is 4.63. The van der Waals surface area contributed by atoms with Crippen LogP contribution in [-0.4, -0.2) is 16.7 Å². The minimum atomic E-state index is -4.34. The number of rotatable bonds is 4. The highest BCUT2D eigenvalue weighted by Gasteiger charge is 2.31. The van der Waals surface area contributed by atoms with Gasteiger partial charge in [-0.1, -0.05) is 12.1 Å². The van der Waals surface area contributed by atoms with Crippen LogP contribution in [0.25, 0.3) is 0 Å². The highest BCUT2D eigenvalue weighted by atomic mass is 19.4. The molecule has 0 aromatic heterocycles. The molecule has 0 fully saturated rings. The van der Waals surface area contributed by atoms with Gasteiger partial charge in [-0.3, -0.25) is 0 Å². The highest BCUT2D eigenvalue weighted by molar-refractivity contribution is 5.27. The van der Waals surface area contributed by atoms with Crippen molar-refractivity contribution in [2.45, 2.75) is 51.6 Å². The van der Waals surface area contributed by atoms with E-state index in [0.717, 1.165) is 12.1 Å². The molecule has 0 bridgehead atoms. The van der Waals surface area contributed by atoms with Crippen LogP contribution < -0.4 is 5.32 Å². The van der Waals surface area contributed by atoms with E-state index in [1.165, 1.54) is 6.07 Å². The third-order valence-electron chi connectivity index (χ3n) is 3.27.